The van der Waals surface area contributed by atoms with Gasteiger partial charge in [0.1, 0.15) is 23.5 Å². The number of ether oxygens (including phenoxy) is 1. The van der Waals surface area contributed by atoms with E-state index in [1.807, 2.05) is 6.07 Å². The van der Waals surface area contributed by atoms with Gasteiger partial charge in [-0.1, -0.05) is 18.5 Å². The van der Waals surface area contributed by atoms with Crippen LogP contribution in [0.4, 0.5) is 4.39 Å². The zero-order valence-corrected chi connectivity index (χ0v) is 12.4. The third-order valence-corrected chi connectivity index (χ3v) is 3.96. The maximum Gasteiger partial charge on any atom is 0.152 e. The van der Waals surface area contributed by atoms with Crippen molar-refractivity contribution in [3.63, 3.8) is 0 Å². The molecule has 0 N–H and O–H groups in total. The van der Waals surface area contributed by atoms with E-state index in [0.29, 0.717) is 17.4 Å². The molecule has 0 radical (unpaired) electrons. The molecule has 0 unspecified atom stereocenters. The number of hydrogen-bond donors (Lipinski definition) is 0. The lowest BCUT2D eigenvalue weighted by Gasteiger charge is -2.13. The molecule has 4 nitrogen and oxygen atoms in total. The van der Waals surface area contributed by atoms with Gasteiger partial charge in [-0.2, -0.15) is 10.4 Å². The van der Waals surface area contributed by atoms with Crippen LogP contribution in [0.3, 0.4) is 0 Å². The van der Waals surface area contributed by atoms with E-state index in [0.717, 1.165) is 6.42 Å². The summed E-state index contributed by atoms with van der Waals surface area (Å²) in [5.74, 6) is 0.142. The van der Waals surface area contributed by atoms with Gasteiger partial charge in [-0.05, 0) is 18.4 Å². The van der Waals surface area contributed by atoms with Crippen LogP contribution in [-0.2, 0) is 7.05 Å². The number of benzene rings is 1. The minimum Gasteiger partial charge on any atom is -0.489 e. The van der Waals surface area contributed by atoms with Gasteiger partial charge in [-0.15, -0.1) is 0 Å². The molecular formula is C15H13ClFN3O. The van der Waals surface area contributed by atoms with Crippen LogP contribution in [0.25, 0.3) is 11.3 Å². The largest absolute Gasteiger partial charge is 0.489 e. The van der Waals surface area contributed by atoms with Crippen molar-refractivity contribution in [2.75, 3.05) is 0 Å². The summed E-state index contributed by atoms with van der Waals surface area (Å²) in [6, 6.07) is 5.04. The van der Waals surface area contributed by atoms with E-state index < -0.39 is 5.82 Å². The highest BCUT2D eigenvalue weighted by molar-refractivity contribution is 6.31. The van der Waals surface area contributed by atoms with Gasteiger partial charge in [-0.3, -0.25) is 4.68 Å². The molecule has 2 atom stereocenters. The topological polar surface area (TPSA) is 50.8 Å². The standard InChI is InChI=1S/C15H13ClFN3O/c1-8-5-12(8)21-13-6-10(16)15(17)14(9(13)7-18)11-3-4-19-20(11)2/h3-4,6,8,12H,5H2,1-2H3/t8-,12-/m1/s1. The average molecular weight is 306 g/mol. The summed E-state index contributed by atoms with van der Waals surface area (Å²) < 4.78 is 21.7. The van der Waals surface area contributed by atoms with E-state index in [4.69, 9.17) is 16.3 Å². The van der Waals surface area contributed by atoms with Gasteiger partial charge < -0.3 is 4.74 Å². The Hall–Kier alpha value is -2.06. The molecule has 1 aliphatic carbocycles. The summed E-state index contributed by atoms with van der Waals surface area (Å²) in [7, 11) is 1.68. The maximum atomic E-state index is 14.4. The molecule has 0 amide bonds. The first kappa shape index (κ1) is 13.9. The summed E-state index contributed by atoms with van der Waals surface area (Å²) in [4.78, 5) is 0. The third kappa shape index (κ3) is 2.36. The second-order valence-corrected chi connectivity index (χ2v) is 5.65. The van der Waals surface area contributed by atoms with Crippen molar-refractivity contribution >= 4 is 11.6 Å². The van der Waals surface area contributed by atoms with Crippen LogP contribution in [0, 0.1) is 23.1 Å². The lowest BCUT2D eigenvalue weighted by atomic mass is 10.0. The van der Waals surface area contributed by atoms with Crippen molar-refractivity contribution < 1.29 is 9.13 Å². The Morgan fingerprint density at radius 1 is 1.57 bits per heavy atom. The SMILES string of the molecule is C[C@@H]1C[C@H]1Oc1cc(Cl)c(F)c(-c2ccnn2C)c1C#N. The number of hydrogen-bond acceptors (Lipinski definition) is 3. The summed E-state index contributed by atoms with van der Waals surface area (Å²) in [6.45, 7) is 2.06. The normalized spacial score (nSPS) is 20.1. The van der Waals surface area contributed by atoms with Gasteiger partial charge in [0.05, 0.1) is 16.3 Å². The summed E-state index contributed by atoms with van der Waals surface area (Å²) in [5.41, 5.74) is 0.771. The van der Waals surface area contributed by atoms with Crippen LogP contribution in [0.2, 0.25) is 5.02 Å². The quantitative estimate of drug-likeness (QED) is 0.871. The predicted octanol–water partition coefficient (Wildman–Crippen LogP) is 3.54. The lowest BCUT2D eigenvalue weighted by molar-refractivity contribution is 0.287. The fourth-order valence-corrected chi connectivity index (χ4v) is 2.48. The minimum absolute atomic E-state index is 0.0616. The number of halogens is 2. The molecule has 21 heavy (non-hydrogen) atoms. The zero-order valence-electron chi connectivity index (χ0n) is 11.6. The van der Waals surface area contributed by atoms with Gasteiger partial charge in [0.2, 0.25) is 0 Å². The van der Waals surface area contributed by atoms with Crippen molar-refractivity contribution in [2.24, 2.45) is 13.0 Å². The predicted molar refractivity (Wildman–Crippen MR) is 76.5 cm³/mol. The van der Waals surface area contributed by atoms with E-state index in [2.05, 4.69) is 12.0 Å². The Morgan fingerprint density at radius 3 is 2.81 bits per heavy atom. The fourth-order valence-electron chi connectivity index (χ4n) is 2.28. The maximum absolute atomic E-state index is 14.4. The molecule has 2 aromatic rings. The first-order valence-corrected chi connectivity index (χ1v) is 6.97. The smallest absolute Gasteiger partial charge is 0.152 e. The van der Waals surface area contributed by atoms with Gasteiger partial charge in [0, 0.05) is 19.3 Å². The molecule has 1 heterocycles. The molecule has 108 valence electrons. The Labute approximate surface area is 126 Å². The number of nitriles is 1. The minimum atomic E-state index is -0.631. The molecular weight excluding hydrogens is 293 g/mol. The molecule has 6 heteroatoms. The van der Waals surface area contributed by atoms with Crippen molar-refractivity contribution in [3.8, 4) is 23.1 Å². The molecule has 1 aliphatic rings. The summed E-state index contributed by atoms with van der Waals surface area (Å²) >= 11 is 5.96. The first-order valence-electron chi connectivity index (χ1n) is 6.60. The highest BCUT2D eigenvalue weighted by Gasteiger charge is 2.36. The zero-order chi connectivity index (χ0) is 15.1. The van der Waals surface area contributed by atoms with Gasteiger partial charge in [-0.25, -0.2) is 4.39 Å². The second kappa shape index (κ2) is 5.05. The first-order chi connectivity index (χ1) is 10.0. The molecule has 3 rings (SSSR count). The van der Waals surface area contributed by atoms with E-state index in [1.165, 1.54) is 10.7 Å². The Bertz CT molecular complexity index is 750. The molecule has 1 fully saturated rings. The molecule has 0 spiro atoms. The third-order valence-electron chi connectivity index (χ3n) is 3.69. The average Bonchev–Trinajstić information content (AvgIpc) is 2.96. The molecule has 0 bridgehead atoms. The molecule has 0 aliphatic heterocycles. The van der Waals surface area contributed by atoms with Crippen LogP contribution in [0.1, 0.15) is 18.9 Å². The molecule has 1 aromatic carbocycles. The van der Waals surface area contributed by atoms with Crippen molar-refractivity contribution in [1.29, 1.82) is 5.26 Å². The van der Waals surface area contributed by atoms with E-state index in [9.17, 15) is 9.65 Å². The molecule has 1 aromatic heterocycles. The van der Waals surface area contributed by atoms with E-state index in [1.54, 1.807) is 19.3 Å². The van der Waals surface area contributed by atoms with Crippen molar-refractivity contribution in [1.82, 2.24) is 9.78 Å². The number of nitrogens with zero attached hydrogens (tertiary/aromatic N) is 3. The molecule has 0 saturated heterocycles. The van der Waals surface area contributed by atoms with Gasteiger partial charge >= 0.3 is 0 Å². The van der Waals surface area contributed by atoms with Crippen LogP contribution >= 0.6 is 11.6 Å². The second-order valence-electron chi connectivity index (χ2n) is 5.24. The Morgan fingerprint density at radius 2 is 2.29 bits per heavy atom. The number of aryl methyl sites for hydroxylation is 1. The van der Waals surface area contributed by atoms with Crippen molar-refractivity contribution in [2.45, 2.75) is 19.4 Å². The molecule has 1 saturated carbocycles. The van der Waals surface area contributed by atoms with Crippen LogP contribution in [0.5, 0.6) is 5.75 Å². The Kier molecular flexibility index (Phi) is 3.34. The Balaban J connectivity index is 2.18. The van der Waals surface area contributed by atoms with E-state index >= 15 is 0 Å². The summed E-state index contributed by atoms with van der Waals surface area (Å²) in [5, 5.41) is 13.4. The van der Waals surface area contributed by atoms with Gasteiger partial charge in [0.25, 0.3) is 0 Å². The van der Waals surface area contributed by atoms with Gasteiger partial charge in [0.15, 0.2) is 5.82 Å². The van der Waals surface area contributed by atoms with Crippen molar-refractivity contribution in [3.05, 3.63) is 34.7 Å². The number of aromatic nitrogens is 2. The van der Waals surface area contributed by atoms with Crippen LogP contribution in [0.15, 0.2) is 18.3 Å². The number of rotatable bonds is 3. The van der Waals surface area contributed by atoms with Crippen LogP contribution < -0.4 is 4.74 Å². The monoisotopic (exact) mass is 305 g/mol. The summed E-state index contributed by atoms with van der Waals surface area (Å²) in [6.07, 6.45) is 2.54. The lowest BCUT2D eigenvalue weighted by Crippen LogP contribution is -2.05. The van der Waals surface area contributed by atoms with Crippen LogP contribution in [-0.4, -0.2) is 15.9 Å². The highest BCUT2D eigenvalue weighted by Crippen LogP contribution is 2.41. The van der Waals surface area contributed by atoms with E-state index in [-0.39, 0.29) is 22.3 Å². The highest BCUT2D eigenvalue weighted by atomic mass is 35.5. The fraction of sp³-hybridized carbons (Fsp3) is 0.333.